The highest BCUT2D eigenvalue weighted by Gasteiger charge is 2.21. The monoisotopic (exact) mass is 331 g/mol. The largest absolute Gasteiger partial charge is 0.448 e. The molecule has 3 nitrogen and oxygen atoms in total. The van der Waals surface area contributed by atoms with E-state index in [4.69, 9.17) is 16.0 Å². The Balaban J connectivity index is 1.87. The van der Waals surface area contributed by atoms with Gasteiger partial charge >= 0.3 is 0 Å². The first-order valence-electron chi connectivity index (χ1n) is 7.21. The van der Waals surface area contributed by atoms with Crippen molar-refractivity contribution in [2.75, 3.05) is 0 Å². The van der Waals surface area contributed by atoms with E-state index in [0.29, 0.717) is 16.0 Å². The Morgan fingerprint density at radius 2 is 1.91 bits per heavy atom. The van der Waals surface area contributed by atoms with Crippen LogP contribution in [0.25, 0.3) is 11.0 Å². The minimum absolute atomic E-state index is 0.106. The zero-order valence-corrected chi connectivity index (χ0v) is 13.4. The molecule has 3 aromatic rings. The first-order chi connectivity index (χ1) is 11.0. The molecule has 1 atom stereocenters. The molecule has 23 heavy (non-hydrogen) atoms. The smallest absolute Gasteiger partial charge is 0.287 e. The maximum absolute atomic E-state index is 13.8. The van der Waals surface area contributed by atoms with Gasteiger partial charge in [-0.3, -0.25) is 4.79 Å². The first-order valence-corrected chi connectivity index (χ1v) is 7.59. The third-order valence-electron chi connectivity index (χ3n) is 3.84. The predicted octanol–water partition coefficient (Wildman–Crippen LogP) is 5.02. The summed E-state index contributed by atoms with van der Waals surface area (Å²) in [6.07, 6.45) is 0. The summed E-state index contributed by atoms with van der Waals surface area (Å²) >= 11 is 5.86. The van der Waals surface area contributed by atoms with Gasteiger partial charge in [0.05, 0.1) is 6.04 Å². The van der Waals surface area contributed by atoms with E-state index in [2.05, 4.69) is 5.32 Å². The van der Waals surface area contributed by atoms with Crippen molar-refractivity contribution in [3.8, 4) is 0 Å². The highest BCUT2D eigenvalue weighted by atomic mass is 35.5. The fraction of sp³-hybridized carbons (Fsp3) is 0.167. The number of carbonyl (C=O) groups excluding carboxylic acids is 1. The van der Waals surface area contributed by atoms with Crippen LogP contribution in [0.3, 0.4) is 0 Å². The summed E-state index contributed by atoms with van der Waals surface area (Å²) in [5.74, 6) is -0.720. The number of amides is 1. The van der Waals surface area contributed by atoms with Gasteiger partial charge in [-0.05, 0) is 37.6 Å². The van der Waals surface area contributed by atoms with Gasteiger partial charge < -0.3 is 9.73 Å². The Hall–Kier alpha value is -2.33. The molecule has 0 fully saturated rings. The van der Waals surface area contributed by atoms with Gasteiger partial charge in [0.15, 0.2) is 17.2 Å². The molecule has 0 aliphatic heterocycles. The van der Waals surface area contributed by atoms with E-state index in [1.807, 2.05) is 19.1 Å². The predicted molar refractivity (Wildman–Crippen MR) is 88.2 cm³/mol. The van der Waals surface area contributed by atoms with Gasteiger partial charge in [0.1, 0.15) is 0 Å². The lowest BCUT2D eigenvalue weighted by molar-refractivity contribution is 0.0913. The number of fused-ring (bicyclic) bond motifs is 1. The molecule has 3 rings (SSSR count). The lowest BCUT2D eigenvalue weighted by Crippen LogP contribution is -2.26. The topological polar surface area (TPSA) is 42.2 Å². The van der Waals surface area contributed by atoms with Crippen LogP contribution in [0.15, 0.2) is 46.9 Å². The highest BCUT2D eigenvalue weighted by molar-refractivity contribution is 6.30. The number of halogens is 2. The molecule has 118 valence electrons. The molecule has 2 aromatic carbocycles. The number of rotatable bonds is 3. The van der Waals surface area contributed by atoms with Crippen LogP contribution in [-0.2, 0) is 0 Å². The van der Waals surface area contributed by atoms with E-state index in [-0.39, 0.29) is 23.3 Å². The molecule has 5 heteroatoms. The lowest BCUT2D eigenvalue weighted by atomic mass is 10.1. The maximum atomic E-state index is 13.8. The summed E-state index contributed by atoms with van der Waals surface area (Å²) in [6.45, 7) is 3.60. The van der Waals surface area contributed by atoms with Crippen molar-refractivity contribution in [1.82, 2.24) is 5.32 Å². The van der Waals surface area contributed by atoms with E-state index >= 15 is 0 Å². The number of furan rings is 1. The number of hydrogen-bond acceptors (Lipinski definition) is 2. The molecule has 0 radical (unpaired) electrons. The molecule has 0 saturated heterocycles. The van der Waals surface area contributed by atoms with Gasteiger partial charge in [0.25, 0.3) is 5.91 Å². The molecule has 1 N–H and O–H groups in total. The summed E-state index contributed by atoms with van der Waals surface area (Å²) in [4.78, 5) is 12.4. The van der Waals surface area contributed by atoms with Crippen LogP contribution in [0.2, 0.25) is 5.02 Å². The van der Waals surface area contributed by atoms with Gasteiger partial charge in [-0.2, -0.15) is 0 Å². The van der Waals surface area contributed by atoms with Crippen molar-refractivity contribution < 1.29 is 13.6 Å². The van der Waals surface area contributed by atoms with Crippen molar-refractivity contribution in [2.24, 2.45) is 0 Å². The Kier molecular flexibility index (Phi) is 4.09. The van der Waals surface area contributed by atoms with Crippen LogP contribution >= 0.6 is 11.6 Å². The lowest BCUT2D eigenvalue weighted by Gasteiger charge is -2.13. The summed E-state index contributed by atoms with van der Waals surface area (Å²) in [5.41, 5.74) is 1.65. The SMILES string of the molecule is Cc1c(C(=O)NC(C)c2ccc(Cl)cc2)oc2c(F)cccc12. The molecule has 0 bridgehead atoms. The van der Waals surface area contributed by atoms with E-state index in [1.165, 1.54) is 6.07 Å². The number of carbonyl (C=O) groups is 1. The summed E-state index contributed by atoms with van der Waals surface area (Å²) in [7, 11) is 0. The molecule has 1 aromatic heterocycles. The van der Waals surface area contributed by atoms with Crippen molar-refractivity contribution in [3.63, 3.8) is 0 Å². The average molecular weight is 332 g/mol. The van der Waals surface area contributed by atoms with E-state index in [9.17, 15) is 9.18 Å². The van der Waals surface area contributed by atoms with E-state index < -0.39 is 5.82 Å². The third kappa shape index (κ3) is 2.94. The van der Waals surface area contributed by atoms with Crippen LogP contribution in [0.4, 0.5) is 4.39 Å². The van der Waals surface area contributed by atoms with Crippen molar-refractivity contribution >= 4 is 28.5 Å². The number of benzene rings is 2. The first kappa shape index (κ1) is 15.6. The van der Waals surface area contributed by atoms with Gasteiger partial charge in [0, 0.05) is 16.0 Å². The van der Waals surface area contributed by atoms with Gasteiger partial charge in [0.2, 0.25) is 0 Å². The highest BCUT2D eigenvalue weighted by Crippen LogP contribution is 2.27. The fourth-order valence-electron chi connectivity index (χ4n) is 2.52. The molecule has 0 aliphatic rings. The third-order valence-corrected chi connectivity index (χ3v) is 4.09. The minimum Gasteiger partial charge on any atom is -0.448 e. The average Bonchev–Trinajstić information content (AvgIpc) is 2.87. The zero-order chi connectivity index (χ0) is 16.6. The van der Waals surface area contributed by atoms with Gasteiger partial charge in [-0.1, -0.05) is 35.9 Å². The molecule has 0 saturated carbocycles. The number of para-hydroxylation sites is 1. The standard InChI is InChI=1S/C18H15ClFNO2/c1-10-14-4-3-5-15(20)17(14)23-16(10)18(22)21-11(2)12-6-8-13(19)9-7-12/h3-9,11H,1-2H3,(H,21,22). The molecule has 1 unspecified atom stereocenters. The number of hydrogen-bond donors (Lipinski definition) is 1. The molecular formula is C18H15ClFNO2. The Bertz CT molecular complexity index is 871. The fourth-order valence-corrected chi connectivity index (χ4v) is 2.65. The number of nitrogens with one attached hydrogen (secondary N) is 1. The Labute approximate surface area is 138 Å². The van der Waals surface area contributed by atoms with Gasteiger partial charge in [-0.15, -0.1) is 0 Å². The second-order valence-corrected chi connectivity index (χ2v) is 5.86. The second-order valence-electron chi connectivity index (χ2n) is 5.42. The van der Waals surface area contributed by atoms with Crippen LogP contribution in [-0.4, -0.2) is 5.91 Å². The Morgan fingerprint density at radius 1 is 1.22 bits per heavy atom. The molecule has 1 amide bonds. The minimum atomic E-state index is -0.476. The van der Waals surface area contributed by atoms with Crippen molar-refractivity contribution in [3.05, 3.63) is 70.2 Å². The van der Waals surface area contributed by atoms with Gasteiger partial charge in [-0.25, -0.2) is 4.39 Å². The van der Waals surface area contributed by atoms with E-state index in [0.717, 1.165) is 5.56 Å². The normalized spacial score (nSPS) is 12.3. The molecule has 0 aliphatic carbocycles. The molecule has 1 heterocycles. The number of aryl methyl sites for hydroxylation is 1. The summed E-state index contributed by atoms with van der Waals surface area (Å²) in [6, 6.07) is 11.6. The zero-order valence-electron chi connectivity index (χ0n) is 12.7. The molecule has 0 spiro atoms. The Morgan fingerprint density at radius 3 is 2.57 bits per heavy atom. The van der Waals surface area contributed by atoms with Crippen molar-refractivity contribution in [1.29, 1.82) is 0 Å². The maximum Gasteiger partial charge on any atom is 0.287 e. The quantitative estimate of drug-likeness (QED) is 0.731. The van der Waals surface area contributed by atoms with E-state index in [1.54, 1.807) is 31.2 Å². The van der Waals surface area contributed by atoms with Crippen LogP contribution < -0.4 is 5.32 Å². The summed E-state index contributed by atoms with van der Waals surface area (Å²) < 4.78 is 19.2. The summed E-state index contributed by atoms with van der Waals surface area (Å²) in [5, 5.41) is 4.10. The second kappa shape index (κ2) is 6.05. The van der Waals surface area contributed by atoms with Crippen LogP contribution in [0.1, 0.15) is 34.6 Å². The van der Waals surface area contributed by atoms with Crippen LogP contribution in [0.5, 0.6) is 0 Å². The van der Waals surface area contributed by atoms with Crippen molar-refractivity contribution in [2.45, 2.75) is 19.9 Å². The van der Waals surface area contributed by atoms with Crippen LogP contribution in [0, 0.1) is 12.7 Å². The molecular weight excluding hydrogens is 317 g/mol.